The molecule has 4 heteroatoms. The van der Waals surface area contributed by atoms with Crippen molar-refractivity contribution in [3.05, 3.63) is 77.4 Å². The smallest absolute Gasteiger partial charge is 0.251 e. The maximum absolute atomic E-state index is 12.4. The Hall–Kier alpha value is -2.88. The van der Waals surface area contributed by atoms with E-state index in [0.29, 0.717) is 18.7 Å². The van der Waals surface area contributed by atoms with Crippen molar-refractivity contribution < 1.29 is 9.59 Å². The Morgan fingerprint density at radius 1 is 1.04 bits per heavy atom. The van der Waals surface area contributed by atoms with Crippen molar-refractivity contribution in [1.29, 1.82) is 0 Å². The molecule has 0 unspecified atom stereocenters. The molecule has 0 aromatic heterocycles. The number of likely N-dealkylation sites (N-methyl/N-ethyl adjacent to an activating group) is 1. The third-order valence-electron chi connectivity index (χ3n) is 4.02. The van der Waals surface area contributed by atoms with Gasteiger partial charge in [-0.3, -0.25) is 9.59 Å². The zero-order chi connectivity index (χ0) is 18.1. The van der Waals surface area contributed by atoms with E-state index in [-0.39, 0.29) is 11.8 Å². The standard InChI is InChI=1S/C21H24N2O2/c1-3-23(16-15-17-7-5-4-6-8-17)20(24)14-11-18-9-12-19(13-10-18)21(25)22-2/h4-14H,3,15-16H2,1-2H3,(H,22,25)/b14-11+. The first-order valence-corrected chi connectivity index (χ1v) is 8.47. The highest BCUT2D eigenvalue weighted by atomic mass is 16.2. The predicted octanol–water partition coefficient (Wildman–Crippen LogP) is 3.15. The van der Waals surface area contributed by atoms with Crippen LogP contribution in [-0.2, 0) is 11.2 Å². The summed E-state index contributed by atoms with van der Waals surface area (Å²) in [5.41, 5.74) is 2.71. The molecule has 0 atom stereocenters. The molecule has 2 aromatic carbocycles. The van der Waals surface area contributed by atoms with Crippen molar-refractivity contribution in [3.63, 3.8) is 0 Å². The summed E-state index contributed by atoms with van der Waals surface area (Å²) >= 11 is 0. The summed E-state index contributed by atoms with van der Waals surface area (Å²) in [5, 5.41) is 2.58. The van der Waals surface area contributed by atoms with Crippen LogP contribution in [0.25, 0.3) is 6.08 Å². The van der Waals surface area contributed by atoms with E-state index in [2.05, 4.69) is 17.4 Å². The maximum Gasteiger partial charge on any atom is 0.251 e. The van der Waals surface area contributed by atoms with Gasteiger partial charge in [0, 0.05) is 31.8 Å². The van der Waals surface area contributed by atoms with Gasteiger partial charge in [-0.2, -0.15) is 0 Å². The molecule has 0 heterocycles. The van der Waals surface area contributed by atoms with E-state index in [4.69, 9.17) is 0 Å². The van der Waals surface area contributed by atoms with Gasteiger partial charge in [0.05, 0.1) is 0 Å². The molecule has 0 aliphatic rings. The molecule has 4 nitrogen and oxygen atoms in total. The molecule has 0 fully saturated rings. The van der Waals surface area contributed by atoms with E-state index in [9.17, 15) is 9.59 Å². The Labute approximate surface area is 149 Å². The quantitative estimate of drug-likeness (QED) is 0.790. The van der Waals surface area contributed by atoms with Gasteiger partial charge in [-0.05, 0) is 42.7 Å². The molecule has 130 valence electrons. The SMILES string of the molecule is CCN(CCc1ccccc1)C(=O)/C=C/c1ccc(C(=O)NC)cc1. The van der Waals surface area contributed by atoms with Gasteiger partial charge >= 0.3 is 0 Å². The van der Waals surface area contributed by atoms with Crippen molar-refractivity contribution in [1.82, 2.24) is 10.2 Å². The Morgan fingerprint density at radius 2 is 1.72 bits per heavy atom. The lowest BCUT2D eigenvalue weighted by Gasteiger charge is -2.19. The van der Waals surface area contributed by atoms with Crippen LogP contribution < -0.4 is 5.32 Å². The number of hydrogen-bond donors (Lipinski definition) is 1. The second-order valence-corrected chi connectivity index (χ2v) is 5.69. The van der Waals surface area contributed by atoms with Crippen LogP contribution in [0.15, 0.2) is 60.7 Å². The normalized spacial score (nSPS) is 10.6. The summed E-state index contributed by atoms with van der Waals surface area (Å²) in [5.74, 6) is -0.126. The number of hydrogen-bond acceptors (Lipinski definition) is 2. The molecule has 2 aromatic rings. The third kappa shape index (κ3) is 5.60. The van der Waals surface area contributed by atoms with Gasteiger partial charge in [-0.15, -0.1) is 0 Å². The largest absolute Gasteiger partial charge is 0.355 e. The van der Waals surface area contributed by atoms with Gasteiger partial charge in [0.15, 0.2) is 0 Å². The van der Waals surface area contributed by atoms with E-state index < -0.39 is 0 Å². The van der Waals surface area contributed by atoms with Gasteiger partial charge in [0.1, 0.15) is 0 Å². The fraction of sp³-hybridized carbons (Fsp3) is 0.238. The van der Waals surface area contributed by atoms with Crippen molar-refractivity contribution in [2.75, 3.05) is 20.1 Å². The van der Waals surface area contributed by atoms with Crippen LogP contribution in [0.1, 0.15) is 28.4 Å². The summed E-state index contributed by atoms with van der Waals surface area (Å²) < 4.78 is 0. The molecule has 0 bridgehead atoms. The topological polar surface area (TPSA) is 49.4 Å². The number of rotatable bonds is 7. The zero-order valence-electron chi connectivity index (χ0n) is 14.7. The fourth-order valence-electron chi connectivity index (χ4n) is 2.50. The predicted molar refractivity (Wildman–Crippen MR) is 101 cm³/mol. The molecule has 2 rings (SSSR count). The highest BCUT2D eigenvalue weighted by Gasteiger charge is 2.08. The van der Waals surface area contributed by atoms with E-state index in [1.165, 1.54) is 5.56 Å². The van der Waals surface area contributed by atoms with Crippen LogP contribution in [-0.4, -0.2) is 36.9 Å². The van der Waals surface area contributed by atoms with Crippen molar-refractivity contribution >= 4 is 17.9 Å². The molecular weight excluding hydrogens is 312 g/mol. The Kier molecular flexibility index (Phi) is 6.96. The summed E-state index contributed by atoms with van der Waals surface area (Å²) in [6.07, 6.45) is 4.21. The van der Waals surface area contributed by atoms with Crippen LogP contribution in [0, 0.1) is 0 Å². The van der Waals surface area contributed by atoms with Crippen LogP contribution in [0.3, 0.4) is 0 Å². The average molecular weight is 336 g/mol. The van der Waals surface area contributed by atoms with Gasteiger partial charge in [-0.25, -0.2) is 0 Å². The Morgan fingerprint density at radius 3 is 2.32 bits per heavy atom. The average Bonchev–Trinajstić information content (AvgIpc) is 2.67. The molecule has 0 aliphatic heterocycles. The summed E-state index contributed by atoms with van der Waals surface area (Å²) in [6.45, 7) is 3.35. The van der Waals surface area contributed by atoms with Crippen molar-refractivity contribution in [2.24, 2.45) is 0 Å². The van der Waals surface area contributed by atoms with Crippen molar-refractivity contribution in [3.8, 4) is 0 Å². The number of nitrogens with one attached hydrogen (secondary N) is 1. The van der Waals surface area contributed by atoms with Gasteiger partial charge < -0.3 is 10.2 Å². The molecular formula is C21H24N2O2. The number of carbonyl (C=O) groups excluding carboxylic acids is 2. The van der Waals surface area contributed by atoms with Crippen molar-refractivity contribution in [2.45, 2.75) is 13.3 Å². The van der Waals surface area contributed by atoms with E-state index in [0.717, 1.165) is 12.0 Å². The minimum atomic E-state index is -0.121. The lowest BCUT2D eigenvalue weighted by molar-refractivity contribution is -0.125. The Bertz CT molecular complexity index is 721. The molecule has 0 spiro atoms. The number of carbonyl (C=O) groups is 2. The minimum Gasteiger partial charge on any atom is -0.355 e. The summed E-state index contributed by atoms with van der Waals surface area (Å²) in [4.78, 5) is 25.7. The second kappa shape index (κ2) is 9.42. The first-order chi connectivity index (χ1) is 12.1. The van der Waals surface area contributed by atoms with E-state index >= 15 is 0 Å². The molecule has 1 N–H and O–H groups in total. The Balaban J connectivity index is 1.94. The van der Waals surface area contributed by atoms with Crippen LogP contribution in [0.4, 0.5) is 0 Å². The second-order valence-electron chi connectivity index (χ2n) is 5.69. The first kappa shape index (κ1) is 18.5. The highest BCUT2D eigenvalue weighted by Crippen LogP contribution is 2.07. The number of benzene rings is 2. The monoisotopic (exact) mass is 336 g/mol. The lowest BCUT2D eigenvalue weighted by Crippen LogP contribution is -2.31. The van der Waals surface area contributed by atoms with Crippen LogP contribution in [0.5, 0.6) is 0 Å². The molecule has 0 radical (unpaired) electrons. The van der Waals surface area contributed by atoms with Crippen LogP contribution >= 0.6 is 0 Å². The maximum atomic E-state index is 12.4. The zero-order valence-corrected chi connectivity index (χ0v) is 14.7. The molecule has 0 saturated heterocycles. The van der Waals surface area contributed by atoms with Gasteiger partial charge in [-0.1, -0.05) is 42.5 Å². The van der Waals surface area contributed by atoms with E-state index in [1.54, 1.807) is 31.3 Å². The molecule has 25 heavy (non-hydrogen) atoms. The van der Waals surface area contributed by atoms with Crippen LogP contribution in [0.2, 0.25) is 0 Å². The summed E-state index contributed by atoms with van der Waals surface area (Å²) in [6, 6.07) is 17.3. The lowest BCUT2D eigenvalue weighted by atomic mass is 10.1. The molecule has 2 amide bonds. The number of amides is 2. The molecule has 0 saturated carbocycles. The first-order valence-electron chi connectivity index (χ1n) is 8.47. The highest BCUT2D eigenvalue weighted by molar-refractivity contribution is 5.94. The summed E-state index contributed by atoms with van der Waals surface area (Å²) in [7, 11) is 1.60. The number of nitrogens with zero attached hydrogens (tertiary/aromatic N) is 1. The molecule has 0 aliphatic carbocycles. The van der Waals surface area contributed by atoms with Gasteiger partial charge in [0.25, 0.3) is 5.91 Å². The fourth-order valence-corrected chi connectivity index (χ4v) is 2.50. The van der Waals surface area contributed by atoms with Gasteiger partial charge in [0.2, 0.25) is 5.91 Å². The third-order valence-corrected chi connectivity index (χ3v) is 4.02. The van der Waals surface area contributed by atoms with E-state index in [1.807, 2.05) is 42.2 Å². The minimum absolute atomic E-state index is 0.00573.